The topological polar surface area (TPSA) is 76.4 Å². The van der Waals surface area contributed by atoms with Crippen LogP contribution in [0.1, 0.15) is 18.3 Å². The van der Waals surface area contributed by atoms with E-state index in [0.29, 0.717) is 31.2 Å². The zero-order chi connectivity index (χ0) is 18.1. The summed E-state index contributed by atoms with van der Waals surface area (Å²) in [5.74, 6) is 1.64. The van der Waals surface area contributed by atoms with E-state index < -0.39 is 6.61 Å². The van der Waals surface area contributed by atoms with Crippen molar-refractivity contribution < 1.29 is 13.5 Å². The van der Waals surface area contributed by atoms with Gasteiger partial charge in [-0.15, -0.1) is 34.2 Å². The molecule has 0 fully saturated rings. The van der Waals surface area contributed by atoms with Crippen molar-refractivity contribution in [1.29, 1.82) is 0 Å². The van der Waals surface area contributed by atoms with Gasteiger partial charge in [-0.2, -0.15) is 8.78 Å². The molecule has 2 aromatic rings. The molecule has 1 heterocycles. The van der Waals surface area contributed by atoms with E-state index in [-0.39, 0.29) is 29.7 Å². The molecule has 0 spiro atoms. The standard InChI is InChI=1S/C16H22F2N6O.HI/c1-3-14-23-22-11-24(14)9-8-20-16(19-2)21-10-12-6-4-5-7-13(12)25-15(17)18;/h4-7,11,15H,3,8-10H2,1-2H3,(H2,19,20,21);1H. The van der Waals surface area contributed by atoms with Crippen molar-refractivity contribution in [3.8, 4) is 5.75 Å². The molecule has 0 aliphatic heterocycles. The molecule has 0 atom stereocenters. The summed E-state index contributed by atoms with van der Waals surface area (Å²) < 4.78 is 31.4. The highest BCUT2D eigenvalue weighted by Gasteiger charge is 2.09. The minimum Gasteiger partial charge on any atom is -0.434 e. The number of nitrogens with zero attached hydrogens (tertiary/aromatic N) is 4. The maximum absolute atomic E-state index is 12.4. The number of nitrogens with one attached hydrogen (secondary N) is 2. The molecule has 2 N–H and O–H groups in total. The van der Waals surface area contributed by atoms with E-state index in [0.717, 1.165) is 12.2 Å². The second-order valence-electron chi connectivity index (χ2n) is 5.13. The Balaban J connectivity index is 0.00000338. The fourth-order valence-corrected chi connectivity index (χ4v) is 2.29. The average Bonchev–Trinajstić information content (AvgIpc) is 3.06. The van der Waals surface area contributed by atoms with Gasteiger partial charge in [-0.05, 0) is 6.07 Å². The zero-order valence-corrected chi connectivity index (χ0v) is 17.0. The molecule has 0 saturated carbocycles. The van der Waals surface area contributed by atoms with E-state index in [4.69, 9.17) is 0 Å². The van der Waals surface area contributed by atoms with Crippen LogP contribution in [0.5, 0.6) is 5.75 Å². The maximum Gasteiger partial charge on any atom is 0.387 e. The summed E-state index contributed by atoms with van der Waals surface area (Å²) in [4.78, 5) is 4.12. The Morgan fingerprint density at radius 2 is 2.08 bits per heavy atom. The second kappa shape index (κ2) is 11.6. The highest BCUT2D eigenvalue weighted by molar-refractivity contribution is 14.0. The van der Waals surface area contributed by atoms with Crippen molar-refractivity contribution in [3.05, 3.63) is 42.0 Å². The zero-order valence-electron chi connectivity index (χ0n) is 14.7. The van der Waals surface area contributed by atoms with Crippen molar-refractivity contribution in [3.63, 3.8) is 0 Å². The maximum atomic E-state index is 12.4. The monoisotopic (exact) mass is 480 g/mol. The number of rotatable bonds is 8. The van der Waals surface area contributed by atoms with Crippen LogP contribution in [0.25, 0.3) is 0 Å². The minimum atomic E-state index is -2.85. The number of aryl methyl sites for hydroxylation is 1. The second-order valence-corrected chi connectivity index (χ2v) is 5.13. The quantitative estimate of drug-likeness (QED) is 0.345. The molecule has 0 amide bonds. The fraction of sp³-hybridized carbons (Fsp3) is 0.438. The van der Waals surface area contributed by atoms with E-state index in [9.17, 15) is 8.78 Å². The Morgan fingerprint density at radius 1 is 1.31 bits per heavy atom. The van der Waals surface area contributed by atoms with E-state index >= 15 is 0 Å². The molecule has 0 aliphatic rings. The Bertz CT molecular complexity index is 695. The number of aliphatic imine (C=N–C) groups is 1. The average molecular weight is 480 g/mol. The van der Waals surface area contributed by atoms with E-state index in [1.165, 1.54) is 6.07 Å². The summed E-state index contributed by atoms with van der Waals surface area (Å²) >= 11 is 0. The molecule has 1 aromatic carbocycles. The summed E-state index contributed by atoms with van der Waals surface area (Å²) in [6.45, 7) is 0.806. The molecule has 0 radical (unpaired) electrons. The number of ether oxygens (including phenoxy) is 1. The third-order valence-corrected chi connectivity index (χ3v) is 3.52. The van der Waals surface area contributed by atoms with Crippen molar-refractivity contribution in [2.75, 3.05) is 13.6 Å². The van der Waals surface area contributed by atoms with Crippen LogP contribution < -0.4 is 15.4 Å². The van der Waals surface area contributed by atoms with Crippen molar-refractivity contribution in [1.82, 2.24) is 25.4 Å². The molecule has 7 nitrogen and oxygen atoms in total. The van der Waals surface area contributed by atoms with Crippen molar-refractivity contribution in [2.45, 2.75) is 33.0 Å². The number of hydrogen-bond acceptors (Lipinski definition) is 4. The molecule has 10 heteroatoms. The van der Waals surface area contributed by atoms with Crippen LogP contribution in [0.4, 0.5) is 8.78 Å². The number of guanidine groups is 1. The van der Waals surface area contributed by atoms with Crippen LogP contribution in [0, 0.1) is 0 Å². The number of benzene rings is 1. The van der Waals surface area contributed by atoms with Crippen molar-refractivity contribution in [2.24, 2.45) is 4.99 Å². The van der Waals surface area contributed by atoms with Crippen LogP contribution in [-0.4, -0.2) is 40.9 Å². The van der Waals surface area contributed by atoms with Gasteiger partial charge in [0.2, 0.25) is 0 Å². The van der Waals surface area contributed by atoms with Crippen LogP contribution in [0.3, 0.4) is 0 Å². The van der Waals surface area contributed by atoms with Crippen LogP contribution in [0.2, 0.25) is 0 Å². The van der Waals surface area contributed by atoms with Gasteiger partial charge in [0.15, 0.2) is 5.96 Å². The Hall–Kier alpha value is -1.98. The Morgan fingerprint density at radius 3 is 2.77 bits per heavy atom. The van der Waals surface area contributed by atoms with Crippen LogP contribution >= 0.6 is 24.0 Å². The predicted octanol–water partition coefficient (Wildman–Crippen LogP) is 2.43. The molecular weight excluding hydrogens is 457 g/mol. The lowest BCUT2D eigenvalue weighted by Gasteiger charge is -2.14. The summed E-state index contributed by atoms with van der Waals surface area (Å²) in [5.41, 5.74) is 0.623. The lowest BCUT2D eigenvalue weighted by molar-refractivity contribution is -0.0504. The summed E-state index contributed by atoms with van der Waals surface area (Å²) in [6, 6.07) is 6.66. The van der Waals surface area contributed by atoms with E-state index in [1.54, 1.807) is 31.6 Å². The molecular formula is C16H23F2IN6O. The van der Waals surface area contributed by atoms with Gasteiger partial charge in [-0.3, -0.25) is 4.99 Å². The molecule has 0 unspecified atom stereocenters. The Labute approximate surface area is 168 Å². The lowest BCUT2D eigenvalue weighted by Crippen LogP contribution is -2.38. The highest BCUT2D eigenvalue weighted by atomic mass is 127. The third-order valence-electron chi connectivity index (χ3n) is 3.52. The number of hydrogen-bond donors (Lipinski definition) is 2. The first-order valence-electron chi connectivity index (χ1n) is 7.98. The van der Waals surface area contributed by atoms with Gasteiger partial charge in [-0.25, -0.2) is 0 Å². The molecule has 144 valence electrons. The van der Waals surface area contributed by atoms with Crippen molar-refractivity contribution >= 4 is 29.9 Å². The van der Waals surface area contributed by atoms with Crippen LogP contribution in [0.15, 0.2) is 35.6 Å². The normalized spacial score (nSPS) is 11.2. The number of aromatic nitrogens is 3. The van der Waals surface area contributed by atoms with E-state index in [1.807, 2.05) is 11.5 Å². The SMILES string of the molecule is CCc1nncn1CCNC(=NC)NCc1ccccc1OC(F)F.I. The highest BCUT2D eigenvalue weighted by Crippen LogP contribution is 2.19. The molecule has 1 aromatic heterocycles. The van der Waals surface area contributed by atoms with Gasteiger partial charge < -0.3 is 19.9 Å². The lowest BCUT2D eigenvalue weighted by atomic mass is 10.2. The summed E-state index contributed by atoms with van der Waals surface area (Å²) in [5, 5.41) is 14.2. The van der Waals surface area contributed by atoms with Gasteiger partial charge in [0.1, 0.15) is 17.9 Å². The van der Waals surface area contributed by atoms with Gasteiger partial charge in [0, 0.05) is 38.7 Å². The number of halogens is 3. The largest absolute Gasteiger partial charge is 0.434 e. The first-order valence-corrected chi connectivity index (χ1v) is 7.98. The first kappa shape index (κ1) is 22.1. The summed E-state index contributed by atoms with van der Waals surface area (Å²) in [7, 11) is 1.65. The van der Waals surface area contributed by atoms with Gasteiger partial charge in [0.05, 0.1) is 0 Å². The minimum absolute atomic E-state index is 0. The Kier molecular flexibility index (Phi) is 9.84. The number of para-hydroxylation sites is 1. The molecule has 26 heavy (non-hydrogen) atoms. The van der Waals surface area contributed by atoms with Gasteiger partial charge in [0.25, 0.3) is 0 Å². The number of alkyl halides is 2. The summed E-state index contributed by atoms with van der Waals surface area (Å²) in [6.07, 6.45) is 2.50. The molecule has 0 saturated heterocycles. The fourth-order valence-electron chi connectivity index (χ4n) is 2.29. The van der Waals surface area contributed by atoms with Gasteiger partial charge in [-0.1, -0.05) is 25.1 Å². The first-order chi connectivity index (χ1) is 12.1. The third kappa shape index (κ3) is 6.73. The predicted molar refractivity (Wildman–Crippen MR) is 106 cm³/mol. The smallest absolute Gasteiger partial charge is 0.387 e. The molecule has 0 aliphatic carbocycles. The van der Waals surface area contributed by atoms with E-state index in [2.05, 4.69) is 30.6 Å². The molecule has 0 bridgehead atoms. The van der Waals surface area contributed by atoms with Gasteiger partial charge >= 0.3 is 6.61 Å². The molecule has 2 rings (SSSR count). The van der Waals surface area contributed by atoms with Crippen LogP contribution in [-0.2, 0) is 19.5 Å².